The molecule has 12 heteroatoms. The zero-order valence-electron chi connectivity index (χ0n) is 18.2. The van der Waals surface area contributed by atoms with E-state index in [9.17, 15) is 18.0 Å². The Morgan fingerprint density at radius 3 is 2.58 bits per heavy atom. The van der Waals surface area contributed by atoms with Gasteiger partial charge in [0.15, 0.2) is 11.5 Å². The van der Waals surface area contributed by atoms with Crippen molar-refractivity contribution in [2.24, 2.45) is 0 Å². The van der Waals surface area contributed by atoms with Crippen molar-refractivity contribution in [1.29, 1.82) is 0 Å². The fourth-order valence-corrected chi connectivity index (χ4v) is 3.56. The van der Waals surface area contributed by atoms with Crippen molar-refractivity contribution in [2.75, 3.05) is 10.2 Å². The van der Waals surface area contributed by atoms with Gasteiger partial charge in [-0.15, -0.1) is 0 Å². The average Bonchev–Trinajstić information content (AvgIpc) is 3.36. The molecule has 0 saturated heterocycles. The molecule has 0 radical (unpaired) electrons. The molecule has 5 aromatic rings. The van der Waals surface area contributed by atoms with Crippen LogP contribution in [0.4, 0.5) is 40.6 Å². The lowest BCUT2D eigenvalue weighted by Gasteiger charge is -2.24. The van der Waals surface area contributed by atoms with Crippen LogP contribution >= 0.6 is 0 Å². The number of fused-ring (bicyclic) bond motifs is 1. The summed E-state index contributed by atoms with van der Waals surface area (Å²) in [7, 11) is 0. The number of H-pyrrole nitrogens is 1. The first-order valence-corrected chi connectivity index (χ1v) is 10.4. The molecule has 3 heterocycles. The van der Waals surface area contributed by atoms with Crippen LogP contribution in [-0.2, 0) is 6.18 Å². The third-order valence-electron chi connectivity index (χ3n) is 5.19. The number of hydrogen-bond acceptors (Lipinski definition) is 6. The number of aromatic amines is 1. The van der Waals surface area contributed by atoms with E-state index in [1.807, 2.05) is 0 Å². The van der Waals surface area contributed by atoms with E-state index in [0.29, 0.717) is 17.0 Å². The molecule has 5 rings (SSSR count). The summed E-state index contributed by atoms with van der Waals surface area (Å²) < 4.78 is 54.3. The maximum Gasteiger partial charge on any atom is 0.416 e. The first-order valence-electron chi connectivity index (χ1n) is 10.4. The maximum atomic E-state index is 15.2. The summed E-state index contributed by atoms with van der Waals surface area (Å²) in [5.74, 6) is -0.895. The fraction of sp³-hybridized carbons (Fsp3) is 0.0417. The Kier molecular flexibility index (Phi) is 5.76. The topological polar surface area (TPSA) is 99.7 Å². The second-order valence-electron chi connectivity index (χ2n) is 7.52. The molecule has 2 aromatic carbocycles. The van der Waals surface area contributed by atoms with Gasteiger partial charge in [-0.25, -0.2) is 24.3 Å². The number of imidazole rings is 1. The first-order chi connectivity index (χ1) is 17.3. The normalized spacial score (nSPS) is 11.4. The van der Waals surface area contributed by atoms with Crippen LogP contribution in [-0.4, -0.2) is 30.8 Å². The Labute approximate surface area is 200 Å². The van der Waals surface area contributed by atoms with E-state index in [0.717, 1.165) is 24.3 Å². The van der Waals surface area contributed by atoms with Crippen LogP contribution in [0.15, 0.2) is 79.5 Å². The van der Waals surface area contributed by atoms with Gasteiger partial charge in [-0.1, -0.05) is 12.1 Å². The number of carbonyl (C=O) groups excluding carboxylic acids is 1. The highest BCUT2D eigenvalue weighted by Crippen LogP contribution is 2.37. The van der Waals surface area contributed by atoms with Crippen molar-refractivity contribution in [3.63, 3.8) is 0 Å². The van der Waals surface area contributed by atoms with Crippen LogP contribution in [0.2, 0.25) is 0 Å². The van der Waals surface area contributed by atoms with Gasteiger partial charge in [0.2, 0.25) is 0 Å². The highest BCUT2D eigenvalue weighted by atomic mass is 19.4. The number of pyridine rings is 1. The van der Waals surface area contributed by atoms with Crippen molar-refractivity contribution < 1.29 is 22.4 Å². The fourth-order valence-electron chi connectivity index (χ4n) is 3.56. The number of rotatable bonds is 5. The predicted molar refractivity (Wildman–Crippen MR) is 124 cm³/mol. The van der Waals surface area contributed by atoms with E-state index in [1.54, 1.807) is 18.2 Å². The van der Waals surface area contributed by atoms with Gasteiger partial charge in [-0.3, -0.25) is 9.69 Å². The number of benzene rings is 2. The van der Waals surface area contributed by atoms with Gasteiger partial charge >= 0.3 is 6.18 Å². The van der Waals surface area contributed by atoms with Crippen molar-refractivity contribution in [3.05, 3.63) is 96.5 Å². The molecule has 1 amide bonds. The third-order valence-corrected chi connectivity index (χ3v) is 5.19. The van der Waals surface area contributed by atoms with E-state index in [1.165, 1.54) is 42.0 Å². The van der Waals surface area contributed by atoms with Crippen LogP contribution < -0.4 is 10.2 Å². The minimum Gasteiger partial charge on any atom is -0.340 e. The van der Waals surface area contributed by atoms with Gasteiger partial charge in [-0.2, -0.15) is 13.2 Å². The van der Waals surface area contributed by atoms with Gasteiger partial charge in [0.25, 0.3) is 5.91 Å². The van der Waals surface area contributed by atoms with E-state index < -0.39 is 23.5 Å². The lowest BCUT2D eigenvalue weighted by atomic mass is 10.1. The highest BCUT2D eigenvalue weighted by molar-refractivity contribution is 6.04. The van der Waals surface area contributed by atoms with Crippen molar-refractivity contribution in [1.82, 2.24) is 24.9 Å². The van der Waals surface area contributed by atoms with Crippen LogP contribution in [0.5, 0.6) is 0 Å². The molecule has 0 bridgehead atoms. The Morgan fingerprint density at radius 2 is 1.81 bits per heavy atom. The number of carbonyl (C=O) groups is 1. The molecule has 8 nitrogen and oxygen atoms in total. The minimum atomic E-state index is -4.60. The van der Waals surface area contributed by atoms with Crippen LogP contribution in [0, 0.1) is 5.82 Å². The number of alkyl halides is 3. The second-order valence-corrected chi connectivity index (χ2v) is 7.52. The quantitative estimate of drug-likeness (QED) is 0.308. The summed E-state index contributed by atoms with van der Waals surface area (Å²) >= 11 is 0. The number of amides is 1. The number of halogens is 4. The van der Waals surface area contributed by atoms with Gasteiger partial charge in [0.05, 0.1) is 17.6 Å². The number of anilines is 4. The van der Waals surface area contributed by atoms with E-state index in [4.69, 9.17) is 0 Å². The number of aromatic nitrogens is 5. The predicted octanol–water partition coefficient (Wildman–Crippen LogP) is 5.63. The molecule has 0 fully saturated rings. The molecule has 2 N–H and O–H groups in total. The molecule has 0 aliphatic heterocycles. The standard InChI is InChI=1S/C24H15F4N7O/c25-17-8-7-16(34-23(36)14-4-3-5-15(10-14)24(26,27)28)11-18(17)35(19-6-1-2-9-29-19)22-20-21(31-12-30-20)32-13-33-22/h1-13H,(H,34,36)(H,30,31,32,33). The van der Waals surface area contributed by atoms with E-state index in [2.05, 4.69) is 30.2 Å². The summed E-state index contributed by atoms with van der Waals surface area (Å²) in [4.78, 5) is 33.8. The van der Waals surface area contributed by atoms with Gasteiger partial charge < -0.3 is 10.3 Å². The molecule has 3 aromatic heterocycles. The molecule has 36 heavy (non-hydrogen) atoms. The summed E-state index contributed by atoms with van der Waals surface area (Å²) in [6.07, 6.45) is -0.393. The molecule has 0 atom stereocenters. The molecule has 0 unspecified atom stereocenters. The Morgan fingerprint density at radius 1 is 0.944 bits per heavy atom. The monoisotopic (exact) mass is 493 g/mol. The Balaban J connectivity index is 1.56. The number of nitrogens with zero attached hydrogens (tertiary/aromatic N) is 5. The maximum absolute atomic E-state index is 15.2. The summed E-state index contributed by atoms with van der Waals surface area (Å²) in [5.41, 5.74) is -0.276. The number of nitrogens with one attached hydrogen (secondary N) is 2. The molecular formula is C24H15F4N7O. The molecule has 0 aliphatic carbocycles. The summed E-state index contributed by atoms with van der Waals surface area (Å²) in [5, 5.41) is 2.52. The minimum absolute atomic E-state index is 0.0230. The third kappa shape index (κ3) is 4.43. The van der Waals surface area contributed by atoms with Gasteiger partial charge in [-0.05, 0) is 48.5 Å². The molecule has 0 saturated carbocycles. The summed E-state index contributed by atoms with van der Waals surface area (Å²) in [6.45, 7) is 0. The van der Waals surface area contributed by atoms with Crippen LogP contribution in [0.25, 0.3) is 11.2 Å². The van der Waals surface area contributed by atoms with Gasteiger partial charge in [0, 0.05) is 17.4 Å². The molecule has 0 spiro atoms. The Hall–Kier alpha value is -4.87. The number of hydrogen-bond donors (Lipinski definition) is 2. The van der Waals surface area contributed by atoms with Crippen molar-refractivity contribution in [3.8, 4) is 0 Å². The summed E-state index contributed by atoms with van der Waals surface area (Å²) in [6, 6.07) is 12.8. The van der Waals surface area contributed by atoms with E-state index in [-0.39, 0.29) is 22.8 Å². The zero-order valence-corrected chi connectivity index (χ0v) is 18.2. The lowest BCUT2D eigenvalue weighted by Crippen LogP contribution is -2.17. The molecule has 0 aliphatic rings. The SMILES string of the molecule is O=C(Nc1ccc(F)c(N(c2ccccn2)c2ncnc3nc[nH]c23)c1)c1cccc(C(F)(F)F)c1. The first kappa shape index (κ1) is 22.9. The van der Waals surface area contributed by atoms with Crippen molar-refractivity contribution in [2.45, 2.75) is 6.18 Å². The largest absolute Gasteiger partial charge is 0.416 e. The lowest BCUT2D eigenvalue weighted by molar-refractivity contribution is -0.137. The highest BCUT2D eigenvalue weighted by Gasteiger charge is 2.31. The van der Waals surface area contributed by atoms with Gasteiger partial charge in [0.1, 0.15) is 23.5 Å². The molecule has 180 valence electrons. The van der Waals surface area contributed by atoms with Crippen molar-refractivity contribution >= 4 is 40.1 Å². The smallest absolute Gasteiger partial charge is 0.340 e. The van der Waals surface area contributed by atoms with E-state index >= 15 is 4.39 Å². The second kappa shape index (κ2) is 9.06. The zero-order chi connectivity index (χ0) is 25.3. The van der Waals surface area contributed by atoms with Crippen LogP contribution in [0.3, 0.4) is 0 Å². The van der Waals surface area contributed by atoms with Crippen LogP contribution in [0.1, 0.15) is 15.9 Å². The Bertz CT molecular complexity index is 1550. The average molecular weight is 493 g/mol. The molecular weight excluding hydrogens is 478 g/mol.